The molecule has 2 aromatic rings. The Labute approximate surface area is 124 Å². The Kier molecular flexibility index (Phi) is 3.75. The zero-order valence-electron chi connectivity index (χ0n) is 9.79. The molecule has 0 heterocycles. The van der Waals surface area contributed by atoms with E-state index in [0.29, 0.717) is 5.39 Å². The lowest BCUT2D eigenvalue weighted by Crippen LogP contribution is -1.96. The highest BCUT2D eigenvalue weighted by Crippen LogP contribution is 2.35. The lowest BCUT2D eigenvalue weighted by Gasteiger charge is -2.13. The van der Waals surface area contributed by atoms with Crippen molar-refractivity contribution < 1.29 is 8.42 Å². The number of hydrogen-bond acceptors (Lipinski definition) is 3. The summed E-state index contributed by atoms with van der Waals surface area (Å²) >= 11 is 2.04. The Balaban J connectivity index is 3.01. The second-order valence-corrected chi connectivity index (χ2v) is 7.15. The number of hydrogen-bond donors (Lipinski definition) is 1. The Bertz CT molecular complexity index is 728. The number of benzene rings is 2. The summed E-state index contributed by atoms with van der Waals surface area (Å²) in [6.07, 6.45) is 0. The van der Waals surface area contributed by atoms with Crippen molar-refractivity contribution in [3.63, 3.8) is 0 Å². The molecule has 0 unspecified atom stereocenters. The molecule has 3 nitrogen and oxygen atoms in total. The summed E-state index contributed by atoms with van der Waals surface area (Å²) in [6.45, 7) is 3.95. The predicted octanol–water partition coefficient (Wildman–Crippen LogP) is 4.15. The van der Waals surface area contributed by atoms with Crippen molar-refractivity contribution in [2.75, 3.05) is 3.53 Å². The van der Waals surface area contributed by atoms with Crippen LogP contribution in [0, 0.1) is 13.8 Å². The van der Waals surface area contributed by atoms with Crippen LogP contribution in [0.5, 0.6) is 0 Å². The zero-order valence-corrected chi connectivity index (χ0v) is 13.5. The third-order valence-electron chi connectivity index (χ3n) is 3.02. The van der Waals surface area contributed by atoms with E-state index < -0.39 is 9.05 Å². The van der Waals surface area contributed by atoms with Crippen molar-refractivity contribution in [2.45, 2.75) is 18.7 Å². The molecule has 2 aromatic carbocycles. The third-order valence-corrected chi connectivity index (χ3v) is 4.94. The highest BCUT2D eigenvalue weighted by molar-refractivity contribution is 14.1. The Hall–Kier alpha value is -0.530. The number of nitrogens with one attached hydrogen (secondary N) is 1. The predicted molar refractivity (Wildman–Crippen MR) is 84.1 cm³/mol. The Morgan fingerprint density at radius 1 is 1.22 bits per heavy atom. The van der Waals surface area contributed by atoms with E-state index in [1.165, 1.54) is 6.07 Å². The van der Waals surface area contributed by atoms with Crippen molar-refractivity contribution in [1.29, 1.82) is 0 Å². The van der Waals surface area contributed by atoms with Gasteiger partial charge in [-0.25, -0.2) is 8.42 Å². The summed E-state index contributed by atoms with van der Waals surface area (Å²) in [5.41, 5.74) is 3.04. The summed E-state index contributed by atoms with van der Waals surface area (Å²) in [7, 11) is 1.73. The van der Waals surface area contributed by atoms with Crippen molar-refractivity contribution in [3.8, 4) is 0 Å². The number of fused-ring (bicyclic) bond motifs is 1. The van der Waals surface area contributed by atoms with Crippen LogP contribution in [0.4, 0.5) is 5.69 Å². The normalized spacial score (nSPS) is 11.8. The number of halogens is 2. The van der Waals surface area contributed by atoms with E-state index in [1.807, 2.05) is 48.8 Å². The van der Waals surface area contributed by atoms with Gasteiger partial charge in [0.25, 0.3) is 9.05 Å². The van der Waals surface area contributed by atoms with Crippen LogP contribution >= 0.6 is 33.5 Å². The van der Waals surface area contributed by atoms with Gasteiger partial charge in [-0.15, -0.1) is 0 Å². The first-order valence-corrected chi connectivity index (χ1v) is 8.59. The summed E-state index contributed by atoms with van der Waals surface area (Å²) in [5.74, 6) is 0. The van der Waals surface area contributed by atoms with Crippen molar-refractivity contribution in [1.82, 2.24) is 0 Å². The molecule has 0 saturated heterocycles. The molecule has 0 amide bonds. The maximum Gasteiger partial charge on any atom is 0.261 e. The van der Waals surface area contributed by atoms with Gasteiger partial charge in [-0.3, -0.25) is 0 Å². The number of rotatable bonds is 2. The van der Waals surface area contributed by atoms with Gasteiger partial charge < -0.3 is 3.53 Å². The van der Waals surface area contributed by atoms with Crippen molar-refractivity contribution in [2.24, 2.45) is 0 Å². The molecular formula is C12H11ClINO2S. The van der Waals surface area contributed by atoms with Crippen LogP contribution in [0.25, 0.3) is 10.8 Å². The molecule has 6 heteroatoms. The maximum absolute atomic E-state index is 11.6. The fraction of sp³-hybridized carbons (Fsp3) is 0.167. The minimum Gasteiger partial charge on any atom is -0.328 e. The summed E-state index contributed by atoms with van der Waals surface area (Å²) in [5, 5.41) is 1.50. The third kappa shape index (κ3) is 2.31. The monoisotopic (exact) mass is 395 g/mol. The molecule has 0 radical (unpaired) electrons. The molecule has 1 N–H and O–H groups in total. The maximum atomic E-state index is 11.6. The van der Waals surface area contributed by atoms with Gasteiger partial charge in [0.05, 0.1) is 33.4 Å². The summed E-state index contributed by atoms with van der Waals surface area (Å²) in [6, 6.07) is 6.96. The number of aryl methyl sites for hydroxylation is 1. The zero-order chi connectivity index (χ0) is 13.5. The van der Waals surface area contributed by atoms with E-state index >= 15 is 0 Å². The molecule has 0 aliphatic heterocycles. The minimum absolute atomic E-state index is 0.151. The van der Waals surface area contributed by atoms with Gasteiger partial charge in [0, 0.05) is 21.5 Å². The largest absolute Gasteiger partial charge is 0.328 e. The van der Waals surface area contributed by atoms with Crippen LogP contribution < -0.4 is 3.53 Å². The molecule has 0 aliphatic rings. The van der Waals surface area contributed by atoms with Gasteiger partial charge in [-0.2, -0.15) is 0 Å². The first-order chi connectivity index (χ1) is 8.36. The fourth-order valence-corrected chi connectivity index (χ4v) is 3.74. The average molecular weight is 396 g/mol. The Morgan fingerprint density at radius 3 is 2.44 bits per heavy atom. The fourth-order valence-electron chi connectivity index (χ4n) is 1.97. The van der Waals surface area contributed by atoms with Gasteiger partial charge in [0.1, 0.15) is 0 Å². The number of anilines is 1. The first kappa shape index (κ1) is 13.9. The second kappa shape index (κ2) is 4.86. The molecule has 0 aromatic heterocycles. The lowest BCUT2D eigenvalue weighted by atomic mass is 10.0. The van der Waals surface area contributed by atoms with Crippen molar-refractivity contribution in [3.05, 3.63) is 35.4 Å². The van der Waals surface area contributed by atoms with E-state index in [2.05, 4.69) is 3.53 Å². The van der Waals surface area contributed by atoms with Gasteiger partial charge in [0.2, 0.25) is 0 Å². The first-order valence-electron chi connectivity index (χ1n) is 5.20. The molecule has 0 saturated carbocycles. The van der Waals surface area contributed by atoms with Gasteiger partial charge in [-0.05, 0) is 37.1 Å². The van der Waals surface area contributed by atoms with E-state index in [9.17, 15) is 8.42 Å². The standard InChI is InChI=1S/C12H11ClINO2S/c1-7-6-10-9(12(15-14)8(7)2)4-3-5-11(10)18(13,16)17/h3-6,15H,1-2H3. The molecule has 2 rings (SSSR count). The highest BCUT2D eigenvalue weighted by Gasteiger charge is 2.17. The molecule has 0 bridgehead atoms. The molecule has 0 aliphatic carbocycles. The molecule has 96 valence electrons. The van der Waals surface area contributed by atoms with E-state index in [1.54, 1.807) is 6.07 Å². The molecular weight excluding hydrogens is 385 g/mol. The SMILES string of the molecule is Cc1cc2c(S(=O)(=O)Cl)cccc2c(NI)c1C. The van der Waals surface area contributed by atoms with Gasteiger partial charge in [0.15, 0.2) is 0 Å². The average Bonchev–Trinajstić information content (AvgIpc) is 2.29. The molecule has 0 fully saturated rings. The van der Waals surface area contributed by atoms with E-state index in [-0.39, 0.29) is 4.90 Å². The smallest absolute Gasteiger partial charge is 0.261 e. The van der Waals surface area contributed by atoms with Crippen LogP contribution in [0.1, 0.15) is 11.1 Å². The van der Waals surface area contributed by atoms with E-state index in [0.717, 1.165) is 22.2 Å². The topological polar surface area (TPSA) is 46.2 Å². The molecule has 0 atom stereocenters. The van der Waals surface area contributed by atoms with Crippen LogP contribution in [0.15, 0.2) is 29.2 Å². The van der Waals surface area contributed by atoms with Crippen LogP contribution in [-0.4, -0.2) is 8.42 Å². The minimum atomic E-state index is -3.74. The second-order valence-electron chi connectivity index (χ2n) is 4.08. The van der Waals surface area contributed by atoms with Crippen LogP contribution in [0.2, 0.25) is 0 Å². The summed E-state index contributed by atoms with van der Waals surface area (Å²) < 4.78 is 26.3. The van der Waals surface area contributed by atoms with Crippen molar-refractivity contribution >= 4 is 59.1 Å². The van der Waals surface area contributed by atoms with Crippen LogP contribution in [-0.2, 0) is 9.05 Å². The molecule has 18 heavy (non-hydrogen) atoms. The summed E-state index contributed by atoms with van der Waals surface area (Å²) in [4.78, 5) is 0.151. The quantitative estimate of drug-likeness (QED) is 0.472. The molecule has 0 spiro atoms. The van der Waals surface area contributed by atoms with Crippen LogP contribution in [0.3, 0.4) is 0 Å². The lowest BCUT2D eigenvalue weighted by molar-refractivity contribution is 0.610. The highest BCUT2D eigenvalue weighted by atomic mass is 127. The van der Waals surface area contributed by atoms with Gasteiger partial charge in [-0.1, -0.05) is 12.1 Å². The Morgan fingerprint density at radius 2 is 1.89 bits per heavy atom. The van der Waals surface area contributed by atoms with E-state index in [4.69, 9.17) is 10.7 Å². The van der Waals surface area contributed by atoms with Gasteiger partial charge >= 0.3 is 0 Å².